The zero-order valence-corrected chi connectivity index (χ0v) is 8.87. The Bertz CT molecular complexity index is 402. The van der Waals surface area contributed by atoms with Gasteiger partial charge in [-0.25, -0.2) is 13.6 Å². The van der Waals surface area contributed by atoms with Crippen LogP contribution in [-0.2, 0) is 9.53 Å². The molecule has 0 bridgehead atoms. The maximum Gasteiger partial charge on any atom is 0.336 e. The summed E-state index contributed by atoms with van der Waals surface area (Å²) in [5.74, 6) is -1.36. The lowest BCUT2D eigenvalue weighted by atomic mass is 10.0. The summed E-state index contributed by atoms with van der Waals surface area (Å²) in [6.07, 6.45) is -1.74. The highest BCUT2D eigenvalue weighted by atomic mass is 19.1. The number of esters is 1. The highest BCUT2D eigenvalue weighted by molar-refractivity contribution is 5.89. The quantitative estimate of drug-likeness (QED) is 0.582. The Labute approximate surface area is 92.5 Å². The third-order valence-electron chi connectivity index (χ3n) is 1.98. The smallest absolute Gasteiger partial charge is 0.336 e. The SMILES string of the molecule is C=C(C(=O)OCC)C(F)c1cccc(F)c1. The first-order valence-corrected chi connectivity index (χ1v) is 4.81. The summed E-state index contributed by atoms with van der Waals surface area (Å²) in [5, 5.41) is 0. The van der Waals surface area contributed by atoms with Gasteiger partial charge in [0.05, 0.1) is 12.2 Å². The van der Waals surface area contributed by atoms with E-state index in [4.69, 9.17) is 0 Å². The highest BCUT2D eigenvalue weighted by Gasteiger charge is 2.21. The molecule has 1 rings (SSSR count). The van der Waals surface area contributed by atoms with Crippen molar-refractivity contribution in [3.8, 4) is 0 Å². The third kappa shape index (κ3) is 2.89. The van der Waals surface area contributed by atoms with Gasteiger partial charge in [0.25, 0.3) is 0 Å². The predicted molar refractivity (Wildman–Crippen MR) is 56.0 cm³/mol. The molecule has 4 heteroatoms. The van der Waals surface area contributed by atoms with Gasteiger partial charge in [0, 0.05) is 0 Å². The first-order valence-electron chi connectivity index (χ1n) is 4.81. The maximum atomic E-state index is 13.7. The van der Waals surface area contributed by atoms with Crippen molar-refractivity contribution < 1.29 is 18.3 Å². The second-order valence-corrected chi connectivity index (χ2v) is 3.16. The first-order chi connectivity index (χ1) is 7.56. The van der Waals surface area contributed by atoms with E-state index in [0.29, 0.717) is 0 Å². The summed E-state index contributed by atoms with van der Waals surface area (Å²) < 4.78 is 31.1. The number of carbonyl (C=O) groups excluding carboxylic acids is 1. The summed E-state index contributed by atoms with van der Waals surface area (Å²) in [6, 6.07) is 4.98. The molecule has 0 heterocycles. The second-order valence-electron chi connectivity index (χ2n) is 3.16. The van der Waals surface area contributed by atoms with E-state index in [-0.39, 0.29) is 17.7 Å². The number of ether oxygens (including phenoxy) is 1. The van der Waals surface area contributed by atoms with Crippen LogP contribution in [0.3, 0.4) is 0 Å². The summed E-state index contributed by atoms with van der Waals surface area (Å²) in [6.45, 7) is 5.07. The van der Waals surface area contributed by atoms with E-state index in [1.165, 1.54) is 18.2 Å². The number of benzene rings is 1. The van der Waals surface area contributed by atoms with Gasteiger partial charge in [0.15, 0.2) is 6.17 Å². The predicted octanol–water partition coefficient (Wildman–Crippen LogP) is 2.96. The van der Waals surface area contributed by atoms with Crippen LogP contribution in [0.5, 0.6) is 0 Å². The molecule has 1 aromatic rings. The molecule has 0 aliphatic heterocycles. The molecule has 0 radical (unpaired) electrons. The van der Waals surface area contributed by atoms with Crippen LogP contribution in [0.15, 0.2) is 36.4 Å². The van der Waals surface area contributed by atoms with Crippen molar-refractivity contribution in [1.82, 2.24) is 0 Å². The van der Waals surface area contributed by atoms with E-state index in [1.807, 2.05) is 0 Å². The Morgan fingerprint density at radius 1 is 1.56 bits per heavy atom. The van der Waals surface area contributed by atoms with E-state index in [1.54, 1.807) is 6.92 Å². The van der Waals surface area contributed by atoms with Gasteiger partial charge >= 0.3 is 5.97 Å². The number of carbonyl (C=O) groups is 1. The van der Waals surface area contributed by atoms with E-state index in [2.05, 4.69) is 11.3 Å². The fourth-order valence-electron chi connectivity index (χ4n) is 1.19. The number of alkyl halides is 1. The van der Waals surface area contributed by atoms with Gasteiger partial charge in [0.1, 0.15) is 5.82 Å². The van der Waals surface area contributed by atoms with Gasteiger partial charge in [-0.3, -0.25) is 0 Å². The van der Waals surface area contributed by atoms with Crippen LogP contribution < -0.4 is 0 Å². The minimum atomic E-state index is -1.74. The van der Waals surface area contributed by atoms with E-state index in [9.17, 15) is 13.6 Å². The van der Waals surface area contributed by atoms with Crippen LogP contribution in [0.4, 0.5) is 8.78 Å². The molecule has 1 atom stereocenters. The molecule has 0 amide bonds. The van der Waals surface area contributed by atoms with Gasteiger partial charge in [-0.1, -0.05) is 18.7 Å². The van der Waals surface area contributed by atoms with Crippen LogP contribution >= 0.6 is 0 Å². The van der Waals surface area contributed by atoms with Gasteiger partial charge in [-0.2, -0.15) is 0 Å². The zero-order valence-electron chi connectivity index (χ0n) is 8.87. The summed E-state index contributed by atoms with van der Waals surface area (Å²) in [4.78, 5) is 11.2. The van der Waals surface area contributed by atoms with E-state index in [0.717, 1.165) is 6.07 Å². The summed E-state index contributed by atoms with van der Waals surface area (Å²) in [7, 11) is 0. The van der Waals surface area contributed by atoms with Gasteiger partial charge < -0.3 is 4.74 Å². The van der Waals surface area contributed by atoms with Crippen molar-refractivity contribution in [2.24, 2.45) is 0 Å². The molecular formula is C12H12F2O2. The van der Waals surface area contributed by atoms with Crippen molar-refractivity contribution in [2.75, 3.05) is 6.61 Å². The average molecular weight is 226 g/mol. The van der Waals surface area contributed by atoms with Crippen LogP contribution in [0, 0.1) is 5.82 Å². The van der Waals surface area contributed by atoms with Crippen LogP contribution in [0.1, 0.15) is 18.7 Å². The molecule has 0 saturated heterocycles. The minimum absolute atomic E-state index is 0.0538. The average Bonchev–Trinajstić information content (AvgIpc) is 2.27. The highest BCUT2D eigenvalue weighted by Crippen LogP contribution is 2.25. The van der Waals surface area contributed by atoms with E-state index < -0.39 is 18.0 Å². The topological polar surface area (TPSA) is 26.3 Å². The first kappa shape index (κ1) is 12.4. The van der Waals surface area contributed by atoms with Gasteiger partial charge in [-0.15, -0.1) is 0 Å². The largest absolute Gasteiger partial charge is 0.463 e. The molecule has 86 valence electrons. The van der Waals surface area contributed by atoms with Crippen molar-refractivity contribution in [3.05, 3.63) is 47.8 Å². The zero-order chi connectivity index (χ0) is 12.1. The van der Waals surface area contributed by atoms with Crippen molar-refractivity contribution in [3.63, 3.8) is 0 Å². The van der Waals surface area contributed by atoms with Gasteiger partial charge in [0.2, 0.25) is 0 Å². The third-order valence-corrected chi connectivity index (χ3v) is 1.98. The lowest BCUT2D eigenvalue weighted by molar-refractivity contribution is -0.139. The Morgan fingerprint density at radius 2 is 2.25 bits per heavy atom. The molecule has 1 unspecified atom stereocenters. The van der Waals surface area contributed by atoms with E-state index >= 15 is 0 Å². The maximum absolute atomic E-state index is 13.7. The molecule has 0 N–H and O–H groups in total. The Balaban J connectivity index is 2.82. The summed E-state index contributed by atoms with van der Waals surface area (Å²) in [5.41, 5.74) is -0.273. The van der Waals surface area contributed by atoms with Crippen LogP contribution in [0.25, 0.3) is 0 Å². The number of rotatable bonds is 4. The standard InChI is InChI=1S/C12H12F2O2/c1-3-16-12(15)8(2)11(14)9-5-4-6-10(13)7-9/h4-7,11H,2-3H2,1H3. The molecular weight excluding hydrogens is 214 g/mol. The summed E-state index contributed by atoms with van der Waals surface area (Å²) >= 11 is 0. The lowest BCUT2D eigenvalue weighted by Gasteiger charge is -2.10. The number of hydrogen-bond acceptors (Lipinski definition) is 2. The van der Waals surface area contributed by atoms with Crippen LogP contribution in [0.2, 0.25) is 0 Å². The minimum Gasteiger partial charge on any atom is -0.463 e. The molecule has 0 aliphatic rings. The molecule has 0 spiro atoms. The van der Waals surface area contributed by atoms with Crippen LogP contribution in [-0.4, -0.2) is 12.6 Å². The molecule has 0 fully saturated rings. The van der Waals surface area contributed by atoms with Gasteiger partial charge in [-0.05, 0) is 24.6 Å². The van der Waals surface area contributed by atoms with Crippen molar-refractivity contribution in [2.45, 2.75) is 13.1 Å². The molecule has 1 aromatic carbocycles. The molecule has 16 heavy (non-hydrogen) atoms. The fourth-order valence-corrected chi connectivity index (χ4v) is 1.19. The molecule has 0 saturated carbocycles. The second kappa shape index (κ2) is 5.39. The lowest BCUT2D eigenvalue weighted by Crippen LogP contribution is -2.11. The van der Waals surface area contributed by atoms with Crippen molar-refractivity contribution in [1.29, 1.82) is 0 Å². The fraction of sp³-hybridized carbons (Fsp3) is 0.250. The number of halogens is 2. The Hall–Kier alpha value is -1.71. The Kier molecular flexibility index (Phi) is 4.17. The molecule has 0 aliphatic carbocycles. The van der Waals surface area contributed by atoms with Crippen molar-refractivity contribution >= 4 is 5.97 Å². The number of hydrogen-bond donors (Lipinski definition) is 0. The normalized spacial score (nSPS) is 11.9. The molecule has 2 nitrogen and oxygen atoms in total. The molecule has 0 aromatic heterocycles. The monoisotopic (exact) mass is 226 g/mol. The Morgan fingerprint density at radius 3 is 2.81 bits per heavy atom.